The number of aryl methyl sites for hydroxylation is 1. The Bertz CT molecular complexity index is 422. The van der Waals surface area contributed by atoms with Crippen LogP contribution in [0.3, 0.4) is 0 Å². The molecular formula is C11H8BrF7. The molecule has 0 saturated carbocycles. The Morgan fingerprint density at radius 1 is 0.842 bits per heavy atom. The smallest absolute Gasteiger partial charge is 0.199 e. The summed E-state index contributed by atoms with van der Waals surface area (Å²) in [5, 5.41) is 0. The highest BCUT2D eigenvalue weighted by Crippen LogP contribution is 2.48. The average Bonchev–Trinajstić information content (AvgIpc) is 2.26. The zero-order valence-electron chi connectivity index (χ0n) is 9.25. The maximum absolute atomic E-state index is 13.0. The Hall–Kier alpha value is -0.790. The van der Waals surface area contributed by atoms with Crippen LogP contribution in [0.4, 0.5) is 30.7 Å². The van der Waals surface area contributed by atoms with Crippen LogP contribution in [-0.2, 0) is 6.42 Å². The number of rotatable bonds is 4. The Morgan fingerprint density at radius 3 is 1.74 bits per heavy atom. The molecule has 0 unspecified atom stereocenters. The third-order valence-electron chi connectivity index (χ3n) is 2.46. The number of halogens is 8. The number of hydrogen-bond acceptors (Lipinski definition) is 0. The fourth-order valence-electron chi connectivity index (χ4n) is 1.32. The first-order valence-electron chi connectivity index (χ1n) is 5.04. The molecule has 0 radical (unpaired) electrons. The molecule has 0 saturated heterocycles. The van der Waals surface area contributed by atoms with E-state index in [1.807, 2.05) is 0 Å². The van der Waals surface area contributed by atoms with Gasteiger partial charge in [0.25, 0.3) is 0 Å². The van der Waals surface area contributed by atoms with Crippen LogP contribution in [0.2, 0.25) is 0 Å². The molecular weight excluding hydrogens is 345 g/mol. The molecule has 0 atom stereocenters. The molecule has 19 heavy (non-hydrogen) atoms. The maximum atomic E-state index is 13.0. The van der Waals surface area contributed by atoms with Crippen LogP contribution in [0, 0.1) is 0 Å². The Labute approximate surface area is 112 Å². The molecule has 1 rings (SSSR count). The van der Waals surface area contributed by atoms with Crippen molar-refractivity contribution in [2.24, 2.45) is 0 Å². The molecule has 0 nitrogen and oxygen atoms in total. The van der Waals surface area contributed by atoms with E-state index in [2.05, 4.69) is 15.9 Å². The van der Waals surface area contributed by atoms with Gasteiger partial charge in [-0.2, -0.15) is 30.7 Å². The first kappa shape index (κ1) is 16.3. The zero-order chi connectivity index (χ0) is 14.9. The molecule has 0 spiro atoms. The van der Waals surface area contributed by atoms with Crippen LogP contribution in [0.1, 0.15) is 12.0 Å². The Morgan fingerprint density at radius 2 is 1.32 bits per heavy atom. The van der Waals surface area contributed by atoms with Crippen molar-refractivity contribution in [3.63, 3.8) is 0 Å². The van der Waals surface area contributed by atoms with E-state index < -0.39 is 30.9 Å². The summed E-state index contributed by atoms with van der Waals surface area (Å²) in [7, 11) is 0. The molecule has 0 aliphatic rings. The second-order valence-electron chi connectivity index (χ2n) is 3.90. The highest BCUT2D eigenvalue weighted by atomic mass is 79.9. The molecule has 0 aromatic heterocycles. The lowest BCUT2D eigenvalue weighted by Gasteiger charge is -2.28. The van der Waals surface area contributed by atoms with Crippen molar-refractivity contribution in [1.82, 2.24) is 0 Å². The molecule has 1 aromatic rings. The van der Waals surface area contributed by atoms with Gasteiger partial charge in [0.2, 0.25) is 0 Å². The minimum atomic E-state index is -6.27. The zero-order valence-corrected chi connectivity index (χ0v) is 10.8. The summed E-state index contributed by atoms with van der Waals surface area (Å²) in [6.07, 6.45) is -8.43. The van der Waals surface area contributed by atoms with Crippen LogP contribution in [0.25, 0.3) is 0 Å². The van der Waals surface area contributed by atoms with E-state index in [9.17, 15) is 30.7 Å². The molecule has 0 N–H and O–H groups in total. The van der Waals surface area contributed by atoms with Gasteiger partial charge in [-0.05, 0) is 24.1 Å². The van der Waals surface area contributed by atoms with Gasteiger partial charge in [-0.15, -0.1) is 0 Å². The minimum Gasteiger partial charge on any atom is -0.199 e. The summed E-state index contributed by atoms with van der Waals surface area (Å²) in [5.41, 5.74) is 0.251. The molecule has 0 amide bonds. The lowest BCUT2D eigenvalue weighted by molar-refractivity contribution is -0.355. The number of benzene rings is 1. The summed E-state index contributed by atoms with van der Waals surface area (Å²) in [5.74, 6) is -11.2. The van der Waals surface area contributed by atoms with E-state index >= 15 is 0 Å². The summed E-state index contributed by atoms with van der Waals surface area (Å²) < 4.78 is 87.4. The van der Waals surface area contributed by atoms with Crippen LogP contribution >= 0.6 is 15.9 Å². The van der Waals surface area contributed by atoms with Crippen molar-refractivity contribution >= 4 is 15.9 Å². The molecule has 108 valence electrons. The van der Waals surface area contributed by atoms with Gasteiger partial charge in [0.15, 0.2) is 0 Å². The number of hydrogen-bond donors (Lipinski definition) is 0. The van der Waals surface area contributed by atoms with Gasteiger partial charge < -0.3 is 0 Å². The SMILES string of the molecule is FC(F)(F)C(F)(F)C(F)(F)CCc1ccc(Br)cc1. The van der Waals surface area contributed by atoms with Crippen LogP contribution < -0.4 is 0 Å². The molecule has 0 heterocycles. The van der Waals surface area contributed by atoms with E-state index in [-0.39, 0.29) is 5.56 Å². The van der Waals surface area contributed by atoms with Crippen LogP contribution in [0.5, 0.6) is 0 Å². The third kappa shape index (κ3) is 3.61. The first-order chi connectivity index (χ1) is 8.47. The monoisotopic (exact) mass is 352 g/mol. The van der Waals surface area contributed by atoms with Crippen LogP contribution in [0.15, 0.2) is 28.7 Å². The molecule has 0 bridgehead atoms. The van der Waals surface area contributed by atoms with Gasteiger partial charge >= 0.3 is 18.0 Å². The van der Waals surface area contributed by atoms with Gasteiger partial charge in [-0.3, -0.25) is 0 Å². The Kier molecular flexibility index (Phi) is 4.54. The van der Waals surface area contributed by atoms with Crippen molar-refractivity contribution < 1.29 is 30.7 Å². The minimum absolute atomic E-state index is 0.251. The maximum Gasteiger partial charge on any atom is 0.459 e. The summed E-state index contributed by atoms with van der Waals surface area (Å²) in [4.78, 5) is 0. The normalized spacial score (nSPS) is 13.7. The summed E-state index contributed by atoms with van der Waals surface area (Å²) in [6.45, 7) is 0. The summed E-state index contributed by atoms with van der Waals surface area (Å²) in [6, 6.07) is 5.70. The highest BCUT2D eigenvalue weighted by molar-refractivity contribution is 9.10. The van der Waals surface area contributed by atoms with Crippen molar-refractivity contribution in [3.8, 4) is 0 Å². The molecule has 1 aromatic carbocycles. The molecule has 0 fully saturated rings. The van der Waals surface area contributed by atoms with Gasteiger partial charge in [0.05, 0.1) is 0 Å². The summed E-state index contributed by atoms with van der Waals surface area (Å²) >= 11 is 3.08. The van der Waals surface area contributed by atoms with Crippen molar-refractivity contribution in [2.45, 2.75) is 30.9 Å². The molecule has 0 aliphatic carbocycles. The fourth-order valence-corrected chi connectivity index (χ4v) is 1.58. The second kappa shape index (κ2) is 5.30. The predicted octanol–water partition coefficient (Wildman–Crippen LogP) is 5.21. The van der Waals surface area contributed by atoms with Gasteiger partial charge in [-0.1, -0.05) is 28.1 Å². The van der Waals surface area contributed by atoms with E-state index in [0.717, 1.165) is 0 Å². The lowest BCUT2D eigenvalue weighted by atomic mass is 10.0. The predicted molar refractivity (Wildman–Crippen MR) is 58.4 cm³/mol. The topological polar surface area (TPSA) is 0 Å². The van der Waals surface area contributed by atoms with Crippen molar-refractivity contribution in [2.75, 3.05) is 0 Å². The quantitative estimate of drug-likeness (QED) is 0.652. The van der Waals surface area contributed by atoms with Gasteiger partial charge in [-0.25, -0.2) is 0 Å². The van der Waals surface area contributed by atoms with Crippen LogP contribution in [-0.4, -0.2) is 18.0 Å². The van der Waals surface area contributed by atoms with E-state index in [4.69, 9.17) is 0 Å². The van der Waals surface area contributed by atoms with Gasteiger partial charge in [0.1, 0.15) is 0 Å². The second-order valence-corrected chi connectivity index (χ2v) is 4.82. The average molecular weight is 353 g/mol. The fraction of sp³-hybridized carbons (Fsp3) is 0.455. The molecule has 8 heteroatoms. The largest absolute Gasteiger partial charge is 0.459 e. The van der Waals surface area contributed by atoms with Gasteiger partial charge in [0, 0.05) is 10.9 Å². The highest BCUT2D eigenvalue weighted by Gasteiger charge is 2.72. The van der Waals surface area contributed by atoms with Crippen molar-refractivity contribution in [3.05, 3.63) is 34.3 Å². The van der Waals surface area contributed by atoms with Crippen molar-refractivity contribution in [1.29, 1.82) is 0 Å². The standard InChI is InChI=1S/C11H8BrF7/c12-8-3-1-7(2-4-8)5-6-9(13,14)10(15,16)11(17,18)19/h1-4H,5-6H2. The van der Waals surface area contributed by atoms with E-state index in [1.165, 1.54) is 24.3 Å². The first-order valence-corrected chi connectivity index (χ1v) is 5.83. The van der Waals surface area contributed by atoms with E-state index in [0.29, 0.717) is 4.47 Å². The lowest BCUT2D eigenvalue weighted by Crippen LogP contribution is -2.52. The molecule has 0 aliphatic heterocycles. The number of alkyl halides is 7. The Balaban J connectivity index is 2.78. The van der Waals surface area contributed by atoms with E-state index in [1.54, 1.807) is 0 Å². The third-order valence-corrected chi connectivity index (χ3v) is 2.98.